The van der Waals surface area contributed by atoms with Crippen LogP contribution < -0.4 is 4.90 Å². The van der Waals surface area contributed by atoms with Crippen LogP contribution in [0.25, 0.3) is 0 Å². The van der Waals surface area contributed by atoms with Crippen molar-refractivity contribution in [2.45, 2.75) is 6.10 Å². The standard InChI is InChI=1S/C16H18N4O3/c1-18(14-7-8-19(2)17-14)9-11(21)10-20-15(22)12-5-3-4-6-13(12)16(20)23/h3-8,11,21H,9-10H2,1-2H3/t11-/m1/s1. The van der Waals surface area contributed by atoms with Crippen LogP contribution in [-0.2, 0) is 7.05 Å². The fraction of sp³-hybridized carbons (Fsp3) is 0.312. The summed E-state index contributed by atoms with van der Waals surface area (Å²) in [7, 11) is 3.61. The fourth-order valence-corrected chi connectivity index (χ4v) is 2.69. The van der Waals surface area contributed by atoms with E-state index in [1.165, 1.54) is 0 Å². The van der Waals surface area contributed by atoms with Gasteiger partial charge in [0, 0.05) is 32.9 Å². The first-order valence-electron chi connectivity index (χ1n) is 7.31. The highest BCUT2D eigenvalue weighted by Gasteiger charge is 2.36. The second-order valence-electron chi connectivity index (χ2n) is 5.65. The highest BCUT2D eigenvalue weighted by atomic mass is 16.3. The number of aliphatic hydroxyl groups excluding tert-OH is 1. The van der Waals surface area contributed by atoms with Crippen molar-refractivity contribution in [1.82, 2.24) is 14.7 Å². The predicted octanol–water partition coefficient (Wildman–Crippen LogP) is 0.513. The minimum atomic E-state index is -0.857. The third-order valence-electron chi connectivity index (χ3n) is 3.85. The predicted molar refractivity (Wildman–Crippen MR) is 84.3 cm³/mol. The molecule has 0 spiro atoms. The molecule has 120 valence electrons. The van der Waals surface area contributed by atoms with E-state index >= 15 is 0 Å². The van der Waals surface area contributed by atoms with Crippen molar-refractivity contribution in [3.63, 3.8) is 0 Å². The number of β-amino-alcohol motifs (C(OH)–C–C–N with tert-alkyl or cyclic N) is 1. The number of hydrogen-bond donors (Lipinski definition) is 1. The van der Waals surface area contributed by atoms with Crippen LogP contribution in [0.4, 0.5) is 5.82 Å². The Morgan fingerprint density at radius 1 is 1.17 bits per heavy atom. The van der Waals surface area contributed by atoms with Gasteiger partial charge in [-0.25, -0.2) is 0 Å². The number of imide groups is 1. The van der Waals surface area contributed by atoms with Gasteiger partial charge in [0.1, 0.15) is 5.82 Å². The molecule has 1 aromatic heterocycles. The summed E-state index contributed by atoms with van der Waals surface area (Å²) in [5, 5.41) is 14.5. The number of aliphatic hydroxyl groups is 1. The van der Waals surface area contributed by atoms with Gasteiger partial charge in [-0.15, -0.1) is 0 Å². The van der Waals surface area contributed by atoms with Crippen molar-refractivity contribution >= 4 is 17.6 Å². The van der Waals surface area contributed by atoms with Crippen molar-refractivity contribution in [2.24, 2.45) is 7.05 Å². The van der Waals surface area contributed by atoms with E-state index in [2.05, 4.69) is 5.10 Å². The van der Waals surface area contributed by atoms with Crippen molar-refractivity contribution in [3.8, 4) is 0 Å². The van der Waals surface area contributed by atoms with Crippen LogP contribution >= 0.6 is 0 Å². The number of nitrogens with zero attached hydrogens (tertiary/aromatic N) is 4. The summed E-state index contributed by atoms with van der Waals surface area (Å²) < 4.78 is 1.67. The summed E-state index contributed by atoms with van der Waals surface area (Å²) >= 11 is 0. The van der Waals surface area contributed by atoms with Gasteiger partial charge >= 0.3 is 0 Å². The molecule has 0 saturated carbocycles. The first kappa shape index (κ1) is 15.2. The summed E-state index contributed by atoms with van der Waals surface area (Å²) in [6.45, 7) is 0.230. The molecule has 1 aliphatic rings. The Morgan fingerprint density at radius 3 is 2.30 bits per heavy atom. The van der Waals surface area contributed by atoms with Crippen molar-refractivity contribution < 1.29 is 14.7 Å². The number of benzene rings is 1. The molecule has 2 amide bonds. The van der Waals surface area contributed by atoms with E-state index in [0.717, 1.165) is 4.90 Å². The van der Waals surface area contributed by atoms with E-state index in [1.54, 1.807) is 40.9 Å². The Morgan fingerprint density at radius 2 is 1.78 bits per heavy atom. The van der Waals surface area contributed by atoms with Gasteiger partial charge in [-0.05, 0) is 12.1 Å². The molecule has 3 rings (SSSR count). The summed E-state index contributed by atoms with van der Waals surface area (Å²) in [4.78, 5) is 27.4. The minimum absolute atomic E-state index is 0.0382. The highest BCUT2D eigenvalue weighted by Crippen LogP contribution is 2.22. The van der Waals surface area contributed by atoms with Crippen molar-refractivity contribution in [2.75, 3.05) is 25.0 Å². The lowest BCUT2D eigenvalue weighted by Crippen LogP contribution is -2.41. The molecule has 23 heavy (non-hydrogen) atoms. The molecular weight excluding hydrogens is 296 g/mol. The molecule has 7 heteroatoms. The van der Waals surface area contributed by atoms with Gasteiger partial charge in [0.2, 0.25) is 0 Å². The Hall–Kier alpha value is -2.67. The summed E-state index contributed by atoms with van der Waals surface area (Å²) in [6, 6.07) is 8.52. The Balaban J connectivity index is 1.66. The maximum atomic E-state index is 12.3. The zero-order valence-electron chi connectivity index (χ0n) is 13.0. The maximum Gasteiger partial charge on any atom is 0.261 e. The quantitative estimate of drug-likeness (QED) is 0.814. The molecule has 0 fully saturated rings. The lowest BCUT2D eigenvalue weighted by molar-refractivity contribution is 0.0552. The molecule has 7 nitrogen and oxygen atoms in total. The van der Waals surface area contributed by atoms with E-state index < -0.39 is 6.10 Å². The van der Waals surface area contributed by atoms with E-state index in [-0.39, 0.29) is 24.9 Å². The average Bonchev–Trinajstić information content (AvgIpc) is 3.06. The fourth-order valence-electron chi connectivity index (χ4n) is 2.69. The van der Waals surface area contributed by atoms with Crippen molar-refractivity contribution in [3.05, 3.63) is 47.7 Å². The highest BCUT2D eigenvalue weighted by molar-refractivity contribution is 6.21. The molecule has 1 aromatic carbocycles. The van der Waals surface area contributed by atoms with Crippen LogP contribution in [0.3, 0.4) is 0 Å². The second kappa shape index (κ2) is 5.85. The maximum absolute atomic E-state index is 12.3. The number of rotatable bonds is 5. The average molecular weight is 314 g/mol. The van der Waals surface area contributed by atoms with E-state index in [1.807, 2.05) is 19.3 Å². The SMILES string of the molecule is CN(C[C@@H](O)CN1C(=O)c2ccccc2C1=O)c1ccn(C)n1. The van der Waals surface area contributed by atoms with Gasteiger partial charge in [0.15, 0.2) is 0 Å². The number of hydrogen-bond acceptors (Lipinski definition) is 5. The molecule has 1 N–H and O–H groups in total. The molecule has 2 heterocycles. The van der Waals surface area contributed by atoms with Crippen LogP contribution in [0, 0.1) is 0 Å². The van der Waals surface area contributed by atoms with Gasteiger partial charge in [-0.3, -0.25) is 19.2 Å². The van der Waals surface area contributed by atoms with Crippen LogP contribution in [0.2, 0.25) is 0 Å². The molecular formula is C16H18N4O3. The van der Waals surface area contributed by atoms with Crippen molar-refractivity contribution in [1.29, 1.82) is 0 Å². The minimum Gasteiger partial charge on any atom is -0.389 e. The lowest BCUT2D eigenvalue weighted by Gasteiger charge is -2.23. The third kappa shape index (κ3) is 2.83. The zero-order valence-corrected chi connectivity index (χ0v) is 13.0. The van der Waals surface area contributed by atoms with E-state index in [9.17, 15) is 14.7 Å². The van der Waals surface area contributed by atoms with Crippen LogP contribution in [0.15, 0.2) is 36.5 Å². The second-order valence-corrected chi connectivity index (χ2v) is 5.65. The first-order valence-corrected chi connectivity index (χ1v) is 7.31. The number of aryl methyl sites for hydroxylation is 1. The molecule has 1 aliphatic heterocycles. The third-order valence-corrected chi connectivity index (χ3v) is 3.85. The molecule has 0 saturated heterocycles. The molecule has 0 bridgehead atoms. The van der Waals surface area contributed by atoms with Crippen LogP contribution in [0.1, 0.15) is 20.7 Å². The number of aromatic nitrogens is 2. The Kier molecular flexibility index (Phi) is 3.87. The Bertz CT molecular complexity index is 720. The van der Waals surface area contributed by atoms with Crippen LogP contribution in [0.5, 0.6) is 0 Å². The molecule has 1 atom stereocenters. The number of likely N-dealkylation sites (N-methyl/N-ethyl adjacent to an activating group) is 1. The topological polar surface area (TPSA) is 78.7 Å². The number of amides is 2. The molecule has 0 unspecified atom stereocenters. The largest absolute Gasteiger partial charge is 0.389 e. The van der Waals surface area contributed by atoms with E-state index in [0.29, 0.717) is 16.9 Å². The number of anilines is 1. The first-order chi connectivity index (χ1) is 11.0. The summed E-state index contributed by atoms with van der Waals surface area (Å²) in [5.74, 6) is 0.00388. The van der Waals surface area contributed by atoms with Gasteiger partial charge < -0.3 is 10.0 Å². The smallest absolute Gasteiger partial charge is 0.261 e. The van der Waals surface area contributed by atoms with Crippen LogP contribution in [-0.4, -0.2) is 57.8 Å². The number of carbonyl (C=O) groups excluding carboxylic acids is 2. The summed E-state index contributed by atoms with van der Waals surface area (Å²) in [5.41, 5.74) is 0.783. The van der Waals surface area contributed by atoms with E-state index in [4.69, 9.17) is 0 Å². The number of fused-ring (bicyclic) bond motifs is 1. The molecule has 0 aliphatic carbocycles. The number of carbonyl (C=O) groups is 2. The Labute approximate surface area is 133 Å². The summed E-state index contributed by atoms with van der Waals surface area (Å²) in [6.07, 6.45) is 0.951. The normalized spacial score (nSPS) is 15.0. The molecule has 2 aromatic rings. The molecule has 0 radical (unpaired) electrons. The zero-order chi connectivity index (χ0) is 16.6. The lowest BCUT2D eigenvalue weighted by atomic mass is 10.1. The van der Waals surface area contributed by atoms with Gasteiger partial charge in [0.25, 0.3) is 11.8 Å². The van der Waals surface area contributed by atoms with Gasteiger partial charge in [0.05, 0.1) is 23.8 Å². The van der Waals surface area contributed by atoms with Gasteiger partial charge in [-0.1, -0.05) is 12.1 Å². The van der Waals surface area contributed by atoms with Gasteiger partial charge in [-0.2, -0.15) is 5.10 Å². The monoisotopic (exact) mass is 314 g/mol.